The molecule has 212 valence electrons. The van der Waals surface area contributed by atoms with E-state index in [1.165, 1.54) is 13.8 Å². The van der Waals surface area contributed by atoms with Crippen molar-refractivity contribution in [1.29, 1.82) is 0 Å². The van der Waals surface area contributed by atoms with Crippen LogP contribution < -0.4 is 9.16 Å². The van der Waals surface area contributed by atoms with Crippen LogP contribution in [-0.2, 0) is 42.9 Å². The number of hydrogen-bond donors (Lipinski definition) is 0. The van der Waals surface area contributed by atoms with Crippen LogP contribution in [0.4, 0.5) is 0 Å². The van der Waals surface area contributed by atoms with E-state index in [-0.39, 0.29) is 11.6 Å². The molecule has 12 heteroatoms. The van der Waals surface area contributed by atoms with Crippen LogP contribution in [0.3, 0.4) is 0 Å². The first-order valence-electron chi connectivity index (χ1n) is 12.3. The Balaban J connectivity index is 2.53. The Kier molecular flexibility index (Phi) is 10.3. The van der Waals surface area contributed by atoms with Gasteiger partial charge < -0.3 is 32.8 Å². The molecule has 38 heavy (non-hydrogen) atoms. The average Bonchev–Trinajstić information content (AvgIpc) is 2.75. The van der Waals surface area contributed by atoms with Gasteiger partial charge in [-0.3, -0.25) is 19.2 Å². The zero-order chi connectivity index (χ0) is 28.8. The molecule has 1 aliphatic heterocycles. The van der Waals surface area contributed by atoms with Gasteiger partial charge in [-0.15, -0.1) is 0 Å². The summed E-state index contributed by atoms with van der Waals surface area (Å²) in [5.74, 6) is -2.01. The highest BCUT2D eigenvalue weighted by Crippen LogP contribution is 2.41. The standard InChI is InChI=1S/C26H38O11Si/c1-15(27)31-14-21-22(32-16(2)28)23(33-17(3)29)24(34-18(4)30)25(36-21)35-19-12-10-11-13-20(19)37-38(8,9)26(5,6)7/h10-13,21-25H,14H2,1-9H3/t21-,22+,23+,24-,25?/m1/s1. The van der Waals surface area contributed by atoms with Crippen LogP contribution in [0, 0.1) is 0 Å². The first-order chi connectivity index (χ1) is 17.5. The molecular formula is C26H38O11Si. The molecule has 0 amide bonds. The maximum absolute atomic E-state index is 12.1. The summed E-state index contributed by atoms with van der Waals surface area (Å²) in [6.07, 6.45) is -6.39. The lowest BCUT2D eigenvalue weighted by Gasteiger charge is -2.44. The van der Waals surface area contributed by atoms with Crippen molar-refractivity contribution in [3.8, 4) is 11.5 Å². The average molecular weight is 555 g/mol. The number of para-hydroxylation sites is 2. The predicted octanol–water partition coefficient (Wildman–Crippen LogP) is 3.53. The quantitative estimate of drug-likeness (QED) is 0.252. The molecule has 2 rings (SSSR count). The van der Waals surface area contributed by atoms with E-state index in [1.54, 1.807) is 24.3 Å². The lowest BCUT2D eigenvalue weighted by Crippen LogP contribution is -2.63. The molecule has 1 unspecified atom stereocenters. The number of rotatable bonds is 9. The van der Waals surface area contributed by atoms with E-state index in [9.17, 15) is 19.2 Å². The van der Waals surface area contributed by atoms with Crippen molar-refractivity contribution in [2.45, 2.75) is 97.3 Å². The molecular weight excluding hydrogens is 516 g/mol. The van der Waals surface area contributed by atoms with Crippen LogP contribution in [-0.4, -0.2) is 69.5 Å². The third-order valence-electron chi connectivity index (χ3n) is 6.21. The van der Waals surface area contributed by atoms with Crippen molar-refractivity contribution in [2.24, 2.45) is 0 Å². The highest BCUT2D eigenvalue weighted by atomic mass is 28.4. The molecule has 0 aromatic heterocycles. The Morgan fingerprint density at radius 1 is 0.789 bits per heavy atom. The molecule has 0 bridgehead atoms. The van der Waals surface area contributed by atoms with Crippen LogP contribution in [0.2, 0.25) is 18.1 Å². The summed E-state index contributed by atoms with van der Waals surface area (Å²) in [6.45, 7) is 14.8. The maximum Gasteiger partial charge on any atom is 0.303 e. The zero-order valence-electron chi connectivity index (χ0n) is 23.4. The summed E-state index contributed by atoms with van der Waals surface area (Å²) in [6, 6.07) is 6.94. The van der Waals surface area contributed by atoms with Crippen molar-refractivity contribution in [1.82, 2.24) is 0 Å². The van der Waals surface area contributed by atoms with Crippen molar-refractivity contribution in [2.75, 3.05) is 6.61 Å². The Bertz CT molecular complexity index is 1020. The number of carbonyl (C=O) groups excluding carboxylic acids is 4. The minimum absolute atomic E-state index is 0.103. The fourth-order valence-electron chi connectivity index (χ4n) is 3.47. The van der Waals surface area contributed by atoms with E-state index >= 15 is 0 Å². The van der Waals surface area contributed by atoms with Crippen molar-refractivity contribution < 1.29 is 52.0 Å². The van der Waals surface area contributed by atoms with E-state index in [0.717, 1.165) is 13.8 Å². The van der Waals surface area contributed by atoms with Crippen molar-refractivity contribution in [3.63, 3.8) is 0 Å². The topological polar surface area (TPSA) is 133 Å². The van der Waals surface area contributed by atoms with Crippen LogP contribution in [0.1, 0.15) is 48.5 Å². The van der Waals surface area contributed by atoms with E-state index in [2.05, 4.69) is 33.9 Å². The summed E-state index contributed by atoms with van der Waals surface area (Å²) in [7, 11) is -2.28. The minimum Gasteiger partial charge on any atom is -0.541 e. The molecule has 1 aromatic carbocycles. The normalized spacial score (nSPS) is 23.6. The van der Waals surface area contributed by atoms with Crippen LogP contribution in [0.5, 0.6) is 11.5 Å². The van der Waals surface area contributed by atoms with Crippen LogP contribution in [0.25, 0.3) is 0 Å². The highest BCUT2D eigenvalue weighted by Gasteiger charge is 2.53. The third kappa shape index (κ3) is 8.45. The number of carbonyl (C=O) groups is 4. The first kappa shape index (κ1) is 31.1. The van der Waals surface area contributed by atoms with Gasteiger partial charge in [-0.05, 0) is 30.3 Å². The maximum atomic E-state index is 12.1. The predicted molar refractivity (Wildman–Crippen MR) is 137 cm³/mol. The minimum atomic E-state index is -2.28. The number of ether oxygens (including phenoxy) is 6. The highest BCUT2D eigenvalue weighted by molar-refractivity contribution is 6.74. The zero-order valence-corrected chi connectivity index (χ0v) is 24.4. The lowest BCUT2D eigenvalue weighted by molar-refractivity contribution is -0.288. The fraction of sp³-hybridized carbons (Fsp3) is 0.615. The molecule has 1 heterocycles. The fourth-order valence-corrected chi connectivity index (χ4v) is 4.49. The molecule has 11 nitrogen and oxygen atoms in total. The van der Waals surface area contributed by atoms with Gasteiger partial charge in [0.05, 0.1) is 0 Å². The second kappa shape index (κ2) is 12.6. The number of hydrogen-bond acceptors (Lipinski definition) is 11. The van der Waals surface area contributed by atoms with Crippen molar-refractivity contribution in [3.05, 3.63) is 24.3 Å². The number of benzene rings is 1. The lowest BCUT2D eigenvalue weighted by atomic mass is 9.98. The Morgan fingerprint density at radius 3 is 1.79 bits per heavy atom. The van der Waals surface area contributed by atoms with Crippen LogP contribution in [0.15, 0.2) is 24.3 Å². The van der Waals surface area contributed by atoms with Gasteiger partial charge in [0.15, 0.2) is 18.0 Å². The largest absolute Gasteiger partial charge is 0.541 e. The molecule has 0 spiro atoms. The third-order valence-corrected chi connectivity index (χ3v) is 10.6. The molecule has 1 aromatic rings. The number of esters is 4. The summed E-state index contributed by atoms with van der Waals surface area (Å²) in [5.41, 5.74) is 0. The van der Waals surface area contributed by atoms with E-state index in [4.69, 9.17) is 32.8 Å². The summed E-state index contributed by atoms with van der Waals surface area (Å²) < 4.78 is 40.1. The van der Waals surface area contributed by atoms with E-state index < -0.39 is 62.9 Å². The van der Waals surface area contributed by atoms with Gasteiger partial charge in [-0.25, -0.2) is 0 Å². The van der Waals surface area contributed by atoms with Crippen molar-refractivity contribution >= 4 is 32.2 Å². The van der Waals surface area contributed by atoms with Gasteiger partial charge in [0.2, 0.25) is 12.4 Å². The Labute approximate surface area is 224 Å². The second-order valence-corrected chi connectivity index (χ2v) is 15.2. The van der Waals surface area contributed by atoms with Gasteiger partial charge in [0, 0.05) is 27.7 Å². The van der Waals surface area contributed by atoms with Gasteiger partial charge >= 0.3 is 23.9 Å². The van der Waals surface area contributed by atoms with Crippen LogP contribution >= 0.6 is 0 Å². The first-order valence-corrected chi connectivity index (χ1v) is 15.2. The van der Waals surface area contributed by atoms with Gasteiger partial charge in [0.25, 0.3) is 8.32 Å². The van der Waals surface area contributed by atoms with Gasteiger partial charge in [0.1, 0.15) is 18.5 Å². The SMILES string of the molecule is CC(=O)OC[C@H]1OC(Oc2ccccc2O[Si](C)(C)C(C)(C)C)[C@H](OC(C)=O)[C@@H](OC(C)=O)[C@H]1OC(C)=O. The monoisotopic (exact) mass is 554 g/mol. The molecule has 0 aliphatic carbocycles. The Hall–Kier alpha value is -3.12. The Morgan fingerprint density at radius 2 is 1.29 bits per heavy atom. The summed E-state index contributed by atoms with van der Waals surface area (Å²) in [4.78, 5) is 47.5. The molecule has 1 aliphatic rings. The summed E-state index contributed by atoms with van der Waals surface area (Å²) >= 11 is 0. The summed E-state index contributed by atoms with van der Waals surface area (Å²) in [5, 5.41) is -0.103. The molecule has 1 fully saturated rings. The molecule has 5 atom stereocenters. The second-order valence-electron chi connectivity index (χ2n) is 10.5. The molecule has 0 N–H and O–H groups in total. The smallest absolute Gasteiger partial charge is 0.303 e. The van der Waals surface area contributed by atoms with Gasteiger partial charge in [-0.2, -0.15) is 0 Å². The molecule has 0 radical (unpaired) electrons. The van der Waals surface area contributed by atoms with E-state index in [0.29, 0.717) is 11.5 Å². The van der Waals surface area contributed by atoms with Gasteiger partial charge in [-0.1, -0.05) is 32.9 Å². The van der Waals surface area contributed by atoms with E-state index in [1.807, 2.05) is 0 Å². The molecule has 0 saturated carbocycles. The molecule has 1 saturated heterocycles.